The minimum atomic E-state index is 0.00583. The predicted octanol–water partition coefficient (Wildman–Crippen LogP) is 3.44. The molecular formula is C16H17N3O. The minimum Gasteiger partial charge on any atom is -0.467 e. The number of hydrogen-bond donors (Lipinski definition) is 2. The summed E-state index contributed by atoms with van der Waals surface area (Å²) in [5.74, 6) is 1.81. The van der Waals surface area contributed by atoms with E-state index in [1.807, 2.05) is 36.5 Å². The Balaban J connectivity index is 1.87. The van der Waals surface area contributed by atoms with Crippen molar-refractivity contribution in [2.24, 2.45) is 0 Å². The zero-order chi connectivity index (χ0) is 13.8. The van der Waals surface area contributed by atoms with E-state index < -0.39 is 0 Å². The first kappa shape index (κ1) is 12.7. The zero-order valence-corrected chi connectivity index (χ0v) is 11.3. The van der Waals surface area contributed by atoms with E-state index in [0.717, 1.165) is 11.6 Å². The lowest BCUT2D eigenvalue weighted by molar-refractivity contribution is 0.413. The SMILES string of the molecule is CC(NC(c1ccccc1)c1ccco1)c1ncc[nH]1. The summed E-state index contributed by atoms with van der Waals surface area (Å²) in [7, 11) is 0. The summed E-state index contributed by atoms with van der Waals surface area (Å²) >= 11 is 0. The molecular weight excluding hydrogens is 250 g/mol. The van der Waals surface area contributed by atoms with Crippen molar-refractivity contribution in [2.75, 3.05) is 0 Å². The topological polar surface area (TPSA) is 53.9 Å². The molecule has 2 heterocycles. The summed E-state index contributed by atoms with van der Waals surface area (Å²) in [6.07, 6.45) is 5.29. The summed E-state index contributed by atoms with van der Waals surface area (Å²) in [5.41, 5.74) is 1.17. The molecule has 2 aromatic heterocycles. The number of nitrogens with one attached hydrogen (secondary N) is 2. The Morgan fingerprint density at radius 1 is 1.15 bits per heavy atom. The summed E-state index contributed by atoms with van der Waals surface area (Å²) in [6, 6.07) is 14.3. The van der Waals surface area contributed by atoms with Crippen molar-refractivity contribution >= 4 is 0 Å². The van der Waals surface area contributed by atoms with Gasteiger partial charge in [-0.05, 0) is 24.6 Å². The van der Waals surface area contributed by atoms with E-state index >= 15 is 0 Å². The summed E-state index contributed by atoms with van der Waals surface area (Å²) in [5, 5.41) is 3.55. The lowest BCUT2D eigenvalue weighted by Gasteiger charge is -2.21. The fourth-order valence-electron chi connectivity index (χ4n) is 2.29. The van der Waals surface area contributed by atoms with Crippen molar-refractivity contribution in [2.45, 2.75) is 19.0 Å². The van der Waals surface area contributed by atoms with Crippen LogP contribution in [0.1, 0.15) is 36.2 Å². The van der Waals surface area contributed by atoms with Crippen LogP contribution >= 0.6 is 0 Å². The fraction of sp³-hybridized carbons (Fsp3) is 0.188. The lowest BCUT2D eigenvalue weighted by atomic mass is 10.0. The Hall–Kier alpha value is -2.33. The second-order valence-corrected chi connectivity index (χ2v) is 4.72. The Morgan fingerprint density at radius 2 is 2.00 bits per heavy atom. The third-order valence-electron chi connectivity index (χ3n) is 3.31. The summed E-state index contributed by atoms with van der Waals surface area (Å²) < 4.78 is 5.58. The van der Waals surface area contributed by atoms with Crippen LogP contribution in [0.15, 0.2) is 65.5 Å². The van der Waals surface area contributed by atoms with E-state index in [1.165, 1.54) is 5.56 Å². The number of aromatic amines is 1. The predicted molar refractivity (Wildman–Crippen MR) is 77.1 cm³/mol. The normalized spacial score (nSPS) is 14.1. The smallest absolute Gasteiger partial charge is 0.125 e. The first-order valence-corrected chi connectivity index (χ1v) is 6.68. The number of rotatable bonds is 5. The van der Waals surface area contributed by atoms with Gasteiger partial charge in [0, 0.05) is 12.4 Å². The molecule has 2 unspecified atom stereocenters. The van der Waals surface area contributed by atoms with Crippen LogP contribution in [0.25, 0.3) is 0 Å². The number of hydrogen-bond acceptors (Lipinski definition) is 3. The van der Waals surface area contributed by atoms with Crippen molar-refractivity contribution in [1.82, 2.24) is 15.3 Å². The van der Waals surface area contributed by atoms with Crippen molar-refractivity contribution in [1.29, 1.82) is 0 Å². The Labute approximate surface area is 117 Å². The Morgan fingerprint density at radius 3 is 2.65 bits per heavy atom. The van der Waals surface area contributed by atoms with Gasteiger partial charge < -0.3 is 9.40 Å². The maximum Gasteiger partial charge on any atom is 0.125 e. The van der Waals surface area contributed by atoms with E-state index in [4.69, 9.17) is 4.42 Å². The first-order chi connectivity index (χ1) is 9.84. The quantitative estimate of drug-likeness (QED) is 0.744. The van der Waals surface area contributed by atoms with Gasteiger partial charge in [0.2, 0.25) is 0 Å². The third kappa shape index (κ3) is 2.65. The van der Waals surface area contributed by atoms with Crippen LogP contribution in [0.2, 0.25) is 0 Å². The molecule has 0 saturated heterocycles. The molecule has 2 atom stereocenters. The van der Waals surface area contributed by atoms with Crippen LogP contribution in [0, 0.1) is 0 Å². The highest BCUT2D eigenvalue weighted by molar-refractivity contribution is 5.26. The molecule has 0 bridgehead atoms. The molecule has 102 valence electrons. The molecule has 0 aliphatic rings. The van der Waals surface area contributed by atoms with Crippen LogP contribution in [-0.2, 0) is 0 Å². The van der Waals surface area contributed by atoms with Gasteiger partial charge >= 0.3 is 0 Å². The Bertz CT molecular complexity index is 617. The minimum absolute atomic E-state index is 0.00583. The fourth-order valence-corrected chi connectivity index (χ4v) is 2.29. The molecule has 0 spiro atoms. The number of nitrogens with zero attached hydrogens (tertiary/aromatic N) is 1. The highest BCUT2D eigenvalue weighted by Crippen LogP contribution is 2.25. The number of furan rings is 1. The highest BCUT2D eigenvalue weighted by atomic mass is 16.3. The number of benzene rings is 1. The van der Waals surface area contributed by atoms with Gasteiger partial charge in [-0.2, -0.15) is 0 Å². The Kier molecular flexibility index (Phi) is 3.65. The van der Waals surface area contributed by atoms with Gasteiger partial charge in [0.05, 0.1) is 18.3 Å². The number of H-pyrrole nitrogens is 1. The molecule has 0 aliphatic heterocycles. The lowest BCUT2D eigenvalue weighted by Crippen LogP contribution is -2.26. The molecule has 1 aromatic carbocycles. The van der Waals surface area contributed by atoms with Crippen LogP contribution in [0.3, 0.4) is 0 Å². The molecule has 3 aromatic rings. The van der Waals surface area contributed by atoms with Crippen molar-refractivity contribution in [3.8, 4) is 0 Å². The summed E-state index contributed by atoms with van der Waals surface area (Å²) in [6.45, 7) is 2.08. The molecule has 0 aliphatic carbocycles. The molecule has 0 saturated carbocycles. The van der Waals surface area contributed by atoms with Crippen LogP contribution in [0.4, 0.5) is 0 Å². The van der Waals surface area contributed by atoms with Crippen molar-refractivity contribution in [3.05, 3.63) is 78.3 Å². The van der Waals surface area contributed by atoms with Gasteiger partial charge in [-0.1, -0.05) is 30.3 Å². The maximum absolute atomic E-state index is 5.58. The van der Waals surface area contributed by atoms with Gasteiger partial charge in [0.15, 0.2) is 0 Å². The van der Waals surface area contributed by atoms with Gasteiger partial charge in [-0.25, -0.2) is 4.98 Å². The molecule has 0 fully saturated rings. The highest BCUT2D eigenvalue weighted by Gasteiger charge is 2.20. The maximum atomic E-state index is 5.58. The molecule has 2 N–H and O–H groups in total. The first-order valence-electron chi connectivity index (χ1n) is 6.68. The van der Waals surface area contributed by atoms with Gasteiger partial charge in [0.1, 0.15) is 11.6 Å². The molecule has 0 radical (unpaired) electrons. The van der Waals surface area contributed by atoms with Crippen LogP contribution < -0.4 is 5.32 Å². The number of aromatic nitrogens is 2. The third-order valence-corrected chi connectivity index (χ3v) is 3.31. The van der Waals surface area contributed by atoms with Gasteiger partial charge in [0.25, 0.3) is 0 Å². The average Bonchev–Trinajstić information content (AvgIpc) is 3.18. The largest absolute Gasteiger partial charge is 0.467 e. The van der Waals surface area contributed by atoms with E-state index in [1.54, 1.807) is 12.5 Å². The molecule has 3 rings (SSSR count). The standard InChI is InChI=1S/C16H17N3O/c1-12(16-17-9-10-18-16)19-15(14-8-5-11-20-14)13-6-3-2-4-7-13/h2-12,15,19H,1H3,(H,17,18). The van der Waals surface area contributed by atoms with Crippen molar-refractivity contribution in [3.63, 3.8) is 0 Å². The zero-order valence-electron chi connectivity index (χ0n) is 11.3. The molecule has 4 nitrogen and oxygen atoms in total. The second kappa shape index (κ2) is 5.75. The second-order valence-electron chi connectivity index (χ2n) is 4.72. The monoisotopic (exact) mass is 267 g/mol. The van der Waals surface area contributed by atoms with Crippen molar-refractivity contribution < 1.29 is 4.42 Å². The summed E-state index contributed by atoms with van der Waals surface area (Å²) in [4.78, 5) is 7.43. The van der Waals surface area contributed by atoms with E-state index in [0.29, 0.717) is 0 Å². The van der Waals surface area contributed by atoms with Crippen LogP contribution in [-0.4, -0.2) is 9.97 Å². The molecule has 20 heavy (non-hydrogen) atoms. The van der Waals surface area contributed by atoms with E-state index in [-0.39, 0.29) is 12.1 Å². The number of imidazole rings is 1. The van der Waals surface area contributed by atoms with Gasteiger partial charge in [-0.3, -0.25) is 5.32 Å². The van der Waals surface area contributed by atoms with Crippen LogP contribution in [0.5, 0.6) is 0 Å². The van der Waals surface area contributed by atoms with E-state index in [2.05, 4.69) is 34.3 Å². The van der Waals surface area contributed by atoms with E-state index in [9.17, 15) is 0 Å². The molecule has 4 heteroatoms. The molecule has 0 amide bonds. The average molecular weight is 267 g/mol. The van der Waals surface area contributed by atoms with Gasteiger partial charge in [-0.15, -0.1) is 0 Å².